The maximum absolute atomic E-state index is 5.79. The Hall–Kier alpha value is -1.13. The van der Waals surface area contributed by atoms with Crippen LogP contribution in [0.3, 0.4) is 0 Å². The van der Waals surface area contributed by atoms with E-state index in [2.05, 4.69) is 23.3 Å². The molecule has 2 aromatic rings. The lowest BCUT2D eigenvalue weighted by Crippen LogP contribution is -2.11. The molecule has 2 aromatic heterocycles. The first-order valence-electron chi connectivity index (χ1n) is 6.64. The van der Waals surface area contributed by atoms with Crippen molar-refractivity contribution in [2.24, 2.45) is 0 Å². The SMILES string of the molecule is CCNCc1ncc(-c2cc3c(s2)CCCC3)o1. The predicted octanol–water partition coefficient (Wildman–Crippen LogP) is 3.39. The molecule has 0 saturated heterocycles. The largest absolute Gasteiger partial charge is 0.438 e. The van der Waals surface area contributed by atoms with Crippen LogP contribution in [0.1, 0.15) is 36.1 Å². The first kappa shape index (κ1) is 11.9. The van der Waals surface area contributed by atoms with Crippen molar-refractivity contribution in [3.05, 3.63) is 28.6 Å². The van der Waals surface area contributed by atoms with Crippen molar-refractivity contribution < 1.29 is 4.42 Å². The van der Waals surface area contributed by atoms with E-state index in [0.29, 0.717) is 6.54 Å². The monoisotopic (exact) mass is 262 g/mol. The number of aromatic nitrogens is 1. The average Bonchev–Trinajstić information content (AvgIpc) is 3.02. The Morgan fingerprint density at radius 3 is 3.11 bits per heavy atom. The van der Waals surface area contributed by atoms with Crippen LogP contribution in [0.4, 0.5) is 0 Å². The minimum Gasteiger partial charge on any atom is -0.438 e. The van der Waals surface area contributed by atoms with Gasteiger partial charge in [0.05, 0.1) is 17.6 Å². The number of aryl methyl sites for hydroxylation is 2. The second-order valence-corrected chi connectivity index (χ2v) is 5.80. The molecule has 1 N–H and O–H groups in total. The summed E-state index contributed by atoms with van der Waals surface area (Å²) in [5.41, 5.74) is 1.52. The second-order valence-electron chi connectivity index (χ2n) is 4.66. The van der Waals surface area contributed by atoms with E-state index in [-0.39, 0.29) is 0 Å². The van der Waals surface area contributed by atoms with E-state index in [1.54, 1.807) is 4.88 Å². The number of rotatable bonds is 4. The van der Waals surface area contributed by atoms with Gasteiger partial charge in [0.1, 0.15) is 0 Å². The van der Waals surface area contributed by atoms with Crippen LogP contribution in [-0.4, -0.2) is 11.5 Å². The third kappa shape index (κ3) is 2.35. The molecule has 96 valence electrons. The Labute approximate surface area is 111 Å². The molecule has 0 aromatic carbocycles. The highest BCUT2D eigenvalue weighted by atomic mass is 32.1. The standard InChI is InChI=1S/C14H18N2OS/c1-2-15-9-14-16-8-11(17-14)13-7-10-5-3-4-6-12(10)18-13/h7-8,15H,2-6,9H2,1H3. The predicted molar refractivity (Wildman–Crippen MR) is 73.8 cm³/mol. The highest BCUT2D eigenvalue weighted by molar-refractivity contribution is 7.15. The Morgan fingerprint density at radius 1 is 1.39 bits per heavy atom. The highest BCUT2D eigenvalue weighted by Crippen LogP contribution is 2.35. The van der Waals surface area contributed by atoms with Crippen LogP contribution in [0.2, 0.25) is 0 Å². The van der Waals surface area contributed by atoms with E-state index in [9.17, 15) is 0 Å². The van der Waals surface area contributed by atoms with Gasteiger partial charge in [-0.25, -0.2) is 4.98 Å². The summed E-state index contributed by atoms with van der Waals surface area (Å²) in [6, 6.07) is 2.29. The lowest BCUT2D eigenvalue weighted by Gasteiger charge is -2.08. The molecule has 3 rings (SSSR count). The summed E-state index contributed by atoms with van der Waals surface area (Å²) in [6.45, 7) is 3.73. The fourth-order valence-electron chi connectivity index (χ4n) is 2.35. The zero-order valence-electron chi connectivity index (χ0n) is 10.7. The van der Waals surface area contributed by atoms with Crippen molar-refractivity contribution >= 4 is 11.3 Å². The maximum Gasteiger partial charge on any atom is 0.208 e. The molecule has 0 amide bonds. The number of hydrogen-bond donors (Lipinski definition) is 1. The number of nitrogens with one attached hydrogen (secondary N) is 1. The van der Waals surface area contributed by atoms with Gasteiger partial charge in [0.25, 0.3) is 0 Å². The van der Waals surface area contributed by atoms with E-state index >= 15 is 0 Å². The molecule has 0 saturated carbocycles. The van der Waals surface area contributed by atoms with Crippen LogP contribution in [-0.2, 0) is 19.4 Å². The van der Waals surface area contributed by atoms with Crippen molar-refractivity contribution in [3.63, 3.8) is 0 Å². The average molecular weight is 262 g/mol. The van der Waals surface area contributed by atoms with E-state index in [1.165, 1.54) is 36.1 Å². The summed E-state index contributed by atoms with van der Waals surface area (Å²) in [4.78, 5) is 7.09. The van der Waals surface area contributed by atoms with Gasteiger partial charge in [0.2, 0.25) is 5.89 Å². The van der Waals surface area contributed by atoms with Crippen LogP contribution < -0.4 is 5.32 Å². The number of fused-ring (bicyclic) bond motifs is 1. The fourth-order valence-corrected chi connectivity index (χ4v) is 3.55. The Kier molecular flexibility index (Phi) is 3.48. The van der Waals surface area contributed by atoms with Crippen LogP contribution in [0.15, 0.2) is 16.7 Å². The molecule has 18 heavy (non-hydrogen) atoms. The zero-order chi connectivity index (χ0) is 12.4. The molecule has 2 heterocycles. The zero-order valence-corrected chi connectivity index (χ0v) is 11.5. The van der Waals surface area contributed by atoms with Crippen molar-refractivity contribution in [1.82, 2.24) is 10.3 Å². The lowest BCUT2D eigenvalue weighted by molar-refractivity contribution is 0.483. The van der Waals surface area contributed by atoms with E-state index in [1.807, 2.05) is 17.5 Å². The van der Waals surface area contributed by atoms with Gasteiger partial charge in [-0.1, -0.05) is 6.92 Å². The van der Waals surface area contributed by atoms with Crippen LogP contribution in [0, 0.1) is 0 Å². The van der Waals surface area contributed by atoms with Gasteiger partial charge in [-0.15, -0.1) is 11.3 Å². The first-order valence-corrected chi connectivity index (χ1v) is 7.46. The summed E-state index contributed by atoms with van der Waals surface area (Å²) < 4.78 is 5.79. The maximum atomic E-state index is 5.79. The second kappa shape index (κ2) is 5.24. The smallest absolute Gasteiger partial charge is 0.208 e. The number of thiophene rings is 1. The molecule has 0 radical (unpaired) electrons. The van der Waals surface area contributed by atoms with E-state index in [0.717, 1.165) is 18.2 Å². The molecule has 1 aliphatic carbocycles. The van der Waals surface area contributed by atoms with Gasteiger partial charge in [0.15, 0.2) is 5.76 Å². The molecule has 0 fully saturated rings. The topological polar surface area (TPSA) is 38.1 Å². The van der Waals surface area contributed by atoms with Gasteiger partial charge in [-0.05, 0) is 43.9 Å². The molecule has 0 spiro atoms. The first-order chi connectivity index (χ1) is 8.86. The van der Waals surface area contributed by atoms with Gasteiger partial charge in [-0.3, -0.25) is 0 Å². The minimum atomic E-state index is 0.710. The summed E-state index contributed by atoms with van der Waals surface area (Å²) in [5, 5.41) is 3.23. The van der Waals surface area contributed by atoms with Crippen molar-refractivity contribution in [3.8, 4) is 10.6 Å². The van der Waals surface area contributed by atoms with Crippen molar-refractivity contribution in [2.75, 3.05) is 6.54 Å². The van der Waals surface area contributed by atoms with Crippen molar-refractivity contribution in [2.45, 2.75) is 39.2 Å². The molecule has 3 nitrogen and oxygen atoms in total. The quantitative estimate of drug-likeness (QED) is 0.917. The van der Waals surface area contributed by atoms with Gasteiger partial charge < -0.3 is 9.73 Å². The Bertz CT molecular complexity index is 506. The Balaban J connectivity index is 1.81. The third-order valence-corrected chi connectivity index (χ3v) is 4.57. The molecule has 4 heteroatoms. The van der Waals surface area contributed by atoms with E-state index in [4.69, 9.17) is 4.42 Å². The molecular formula is C14H18N2OS. The molecule has 0 unspecified atom stereocenters. The third-order valence-electron chi connectivity index (χ3n) is 3.32. The number of hydrogen-bond acceptors (Lipinski definition) is 4. The molecule has 0 atom stereocenters. The normalized spacial score (nSPS) is 14.7. The summed E-state index contributed by atoms with van der Waals surface area (Å²) in [5.74, 6) is 1.69. The van der Waals surface area contributed by atoms with Gasteiger partial charge in [-0.2, -0.15) is 0 Å². The van der Waals surface area contributed by atoms with Crippen LogP contribution in [0.5, 0.6) is 0 Å². The molecule has 0 aliphatic heterocycles. The summed E-state index contributed by atoms with van der Waals surface area (Å²) in [7, 11) is 0. The van der Waals surface area contributed by atoms with E-state index < -0.39 is 0 Å². The van der Waals surface area contributed by atoms with Gasteiger partial charge >= 0.3 is 0 Å². The van der Waals surface area contributed by atoms with Gasteiger partial charge in [0, 0.05) is 4.88 Å². The number of nitrogens with zero attached hydrogens (tertiary/aromatic N) is 1. The van der Waals surface area contributed by atoms with Crippen LogP contribution in [0.25, 0.3) is 10.6 Å². The summed E-state index contributed by atoms with van der Waals surface area (Å²) >= 11 is 1.87. The molecular weight excluding hydrogens is 244 g/mol. The lowest BCUT2D eigenvalue weighted by atomic mass is 9.99. The Morgan fingerprint density at radius 2 is 2.28 bits per heavy atom. The van der Waals surface area contributed by atoms with Crippen LogP contribution >= 0.6 is 11.3 Å². The fraction of sp³-hybridized carbons (Fsp3) is 0.500. The van der Waals surface area contributed by atoms with Crippen molar-refractivity contribution in [1.29, 1.82) is 0 Å². The molecule has 1 aliphatic rings. The summed E-state index contributed by atoms with van der Waals surface area (Å²) in [6.07, 6.45) is 6.97. The highest BCUT2D eigenvalue weighted by Gasteiger charge is 2.16. The number of oxazole rings is 1. The minimum absolute atomic E-state index is 0.710. The molecule has 0 bridgehead atoms.